The standard InChI is InChI=1S/C21H28N2O4/c1-13(2)17(22-18(24)15-6-4-14(3)5-7-15)19(25)23-10-8-21(9-11-23)12-16(21)20(26)27/h4-7,13,16-17H,8-12H2,1-3H3,(H,22,24)(H,26,27). The van der Waals surface area contributed by atoms with Crippen molar-refractivity contribution in [3.05, 3.63) is 35.4 Å². The predicted molar refractivity (Wildman–Crippen MR) is 101 cm³/mol. The largest absolute Gasteiger partial charge is 0.481 e. The zero-order valence-corrected chi connectivity index (χ0v) is 16.2. The Bertz CT molecular complexity index is 733. The third kappa shape index (κ3) is 3.99. The Morgan fingerprint density at radius 2 is 1.74 bits per heavy atom. The van der Waals surface area contributed by atoms with Crippen molar-refractivity contribution in [3.8, 4) is 0 Å². The molecule has 2 fully saturated rings. The highest BCUT2D eigenvalue weighted by Gasteiger charge is 2.59. The van der Waals surface area contributed by atoms with Gasteiger partial charge in [-0.3, -0.25) is 14.4 Å². The van der Waals surface area contributed by atoms with E-state index in [0.717, 1.165) is 24.8 Å². The molecule has 1 aliphatic heterocycles. The monoisotopic (exact) mass is 372 g/mol. The summed E-state index contributed by atoms with van der Waals surface area (Å²) in [5.41, 5.74) is 1.50. The summed E-state index contributed by atoms with van der Waals surface area (Å²) in [5.74, 6) is -1.33. The molecule has 2 atom stereocenters. The van der Waals surface area contributed by atoms with Crippen molar-refractivity contribution in [3.63, 3.8) is 0 Å². The van der Waals surface area contributed by atoms with E-state index in [1.54, 1.807) is 17.0 Å². The van der Waals surface area contributed by atoms with Crippen LogP contribution in [0.1, 0.15) is 49.0 Å². The minimum atomic E-state index is -0.722. The molecule has 0 bridgehead atoms. The molecule has 27 heavy (non-hydrogen) atoms. The number of carbonyl (C=O) groups excluding carboxylic acids is 2. The molecule has 1 aromatic rings. The molecule has 0 radical (unpaired) electrons. The lowest BCUT2D eigenvalue weighted by molar-refractivity contribution is -0.140. The van der Waals surface area contributed by atoms with Gasteiger partial charge in [-0.05, 0) is 49.7 Å². The summed E-state index contributed by atoms with van der Waals surface area (Å²) in [4.78, 5) is 38.5. The second-order valence-corrected chi connectivity index (χ2v) is 8.34. The lowest BCUT2D eigenvalue weighted by Crippen LogP contribution is -2.53. The number of carboxylic acid groups (broad SMARTS) is 1. The van der Waals surface area contributed by atoms with Gasteiger partial charge in [-0.15, -0.1) is 0 Å². The highest BCUT2D eigenvalue weighted by molar-refractivity contribution is 5.97. The fraction of sp³-hybridized carbons (Fsp3) is 0.571. The van der Waals surface area contributed by atoms with E-state index in [9.17, 15) is 19.5 Å². The summed E-state index contributed by atoms with van der Waals surface area (Å²) in [6.07, 6.45) is 2.18. The summed E-state index contributed by atoms with van der Waals surface area (Å²) in [5, 5.41) is 12.1. The van der Waals surface area contributed by atoms with Crippen LogP contribution in [-0.2, 0) is 9.59 Å². The number of carboxylic acids is 1. The quantitative estimate of drug-likeness (QED) is 0.831. The van der Waals surface area contributed by atoms with Crippen LogP contribution in [0.2, 0.25) is 0 Å². The Kier molecular flexibility index (Phi) is 5.27. The Morgan fingerprint density at radius 1 is 1.15 bits per heavy atom. The van der Waals surface area contributed by atoms with Crippen LogP contribution in [-0.4, -0.2) is 46.9 Å². The normalized spacial score (nSPS) is 21.8. The van der Waals surface area contributed by atoms with E-state index in [4.69, 9.17) is 0 Å². The Balaban J connectivity index is 1.62. The van der Waals surface area contributed by atoms with Crippen molar-refractivity contribution in [1.29, 1.82) is 0 Å². The Hall–Kier alpha value is -2.37. The summed E-state index contributed by atoms with van der Waals surface area (Å²) in [6, 6.07) is 6.69. The smallest absolute Gasteiger partial charge is 0.307 e. The summed E-state index contributed by atoms with van der Waals surface area (Å²) < 4.78 is 0. The lowest BCUT2D eigenvalue weighted by Gasteiger charge is -2.36. The fourth-order valence-electron chi connectivity index (χ4n) is 4.06. The van der Waals surface area contributed by atoms with Crippen LogP contribution in [0.15, 0.2) is 24.3 Å². The van der Waals surface area contributed by atoms with E-state index in [1.165, 1.54) is 0 Å². The fourth-order valence-corrected chi connectivity index (χ4v) is 4.06. The molecule has 1 aliphatic carbocycles. The number of aliphatic carboxylic acids is 1. The number of amides is 2. The molecular weight excluding hydrogens is 344 g/mol. The molecular formula is C21H28N2O4. The highest BCUT2D eigenvalue weighted by atomic mass is 16.4. The molecule has 1 spiro atoms. The number of carbonyl (C=O) groups is 3. The summed E-state index contributed by atoms with van der Waals surface area (Å²) in [6.45, 7) is 6.92. The first-order valence-corrected chi connectivity index (χ1v) is 9.63. The number of nitrogens with zero attached hydrogens (tertiary/aromatic N) is 1. The first-order valence-electron chi connectivity index (χ1n) is 9.63. The molecule has 2 unspecified atom stereocenters. The van der Waals surface area contributed by atoms with Gasteiger partial charge < -0.3 is 15.3 Å². The zero-order chi connectivity index (χ0) is 19.8. The van der Waals surface area contributed by atoms with Gasteiger partial charge >= 0.3 is 5.97 Å². The van der Waals surface area contributed by atoms with Gasteiger partial charge in [0.1, 0.15) is 6.04 Å². The first-order chi connectivity index (χ1) is 12.7. The van der Waals surface area contributed by atoms with Gasteiger partial charge in [0.05, 0.1) is 5.92 Å². The number of piperidine rings is 1. The van der Waals surface area contributed by atoms with Crippen molar-refractivity contribution < 1.29 is 19.5 Å². The maximum absolute atomic E-state index is 13.0. The molecule has 146 valence electrons. The van der Waals surface area contributed by atoms with E-state index >= 15 is 0 Å². The number of hydrogen-bond acceptors (Lipinski definition) is 3. The van der Waals surface area contributed by atoms with E-state index in [2.05, 4.69) is 5.32 Å². The van der Waals surface area contributed by atoms with Crippen molar-refractivity contribution in [1.82, 2.24) is 10.2 Å². The maximum Gasteiger partial charge on any atom is 0.307 e. The van der Waals surface area contributed by atoms with Crippen LogP contribution >= 0.6 is 0 Å². The van der Waals surface area contributed by atoms with Gasteiger partial charge in [0, 0.05) is 18.7 Å². The van der Waals surface area contributed by atoms with Gasteiger partial charge in [0.25, 0.3) is 5.91 Å². The number of benzene rings is 1. The van der Waals surface area contributed by atoms with Crippen LogP contribution < -0.4 is 5.32 Å². The molecule has 1 saturated heterocycles. The summed E-state index contributed by atoms with van der Waals surface area (Å²) in [7, 11) is 0. The maximum atomic E-state index is 13.0. The number of hydrogen-bond donors (Lipinski definition) is 2. The number of aryl methyl sites for hydroxylation is 1. The molecule has 6 nitrogen and oxygen atoms in total. The number of likely N-dealkylation sites (tertiary alicyclic amines) is 1. The lowest BCUT2D eigenvalue weighted by atomic mass is 9.90. The third-order valence-corrected chi connectivity index (χ3v) is 6.09. The van der Waals surface area contributed by atoms with Crippen LogP contribution in [0, 0.1) is 24.2 Å². The van der Waals surface area contributed by atoms with Crippen molar-refractivity contribution >= 4 is 17.8 Å². The SMILES string of the molecule is Cc1ccc(C(=O)NC(C(=O)N2CCC3(CC2)CC3C(=O)O)C(C)C)cc1. The first kappa shape index (κ1) is 19.4. The van der Waals surface area contributed by atoms with Gasteiger partial charge in [0.2, 0.25) is 5.91 Å². The average molecular weight is 372 g/mol. The van der Waals surface area contributed by atoms with Crippen LogP contribution in [0.4, 0.5) is 0 Å². The van der Waals surface area contributed by atoms with Crippen LogP contribution in [0.3, 0.4) is 0 Å². The van der Waals surface area contributed by atoms with E-state index in [1.807, 2.05) is 32.9 Å². The minimum Gasteiger partial charge on any atom is -0.481 e. The van der Waals surface area contributed by atoms with Crippen molar-refractivity contribution in [2.45, 2.75) is 46.1 Å². The molecule has 1 aromatic carbocycles. The van der Waals surface area contributed by atoms with Gasteiger partial charge in [0.15, 0.2) is 0 Å². The zero-order valence-electron chi connectivity index (χ0n) is 16.2. The Morgan fingerprint density at radius 3 is 2.22 bits per heavy atom. The molecule has 3 rings (SSSR count). The van der Waals surface area contributed by atoms with Crippen LogP contribution in [0.25, 0.3) is 0 Å². The van der Waals surface area contributed by atoms with Crippen molar-refractivity contribution in [2.75, 3.05) is 13.1 Å². The Labute approximate surface area is 159 Å². The highest BCUT2D eigenvalue weighted by Crippen LogP contribution is 2.59. The van der Waals surface area contributed by atoms with E-state index in [-0.39, 0.29) is 29.1 Å². The van der Waals surface area contributed by atoms with E-state index in [0.29, 0.717) is 18.7 Å². The molecule has 2 N–H and O–H groups in total. The molecule has 1 saturated carbocycles. The molecule has 2 aliphatic rings. The average Bonchev–Trinajstić information content (AvgIpc) is 3.33. The van der Waals surface area contributed by atoms with E-state index < -0.39 is 12.0 Å². The number of rotatable bonds is 5. The third-order valence-electron chi connectivity index (χ3n) is 6.09. The topological polar surface area (TPSA) is 86.7 Å². The predicted octanol–water partition coefficient (Wildman–Crippen LogP) is 2.46. The molecule has 0 aromatic heterocycles. The van der Waals surface area contributed by atoms with Gasteiger partial charge in [-0.1, -0.05) is 31.5 Å². The molecule has 6 heteroatoms. The second-order valence-electron chi connectivity index (χ2n) is 8.34. The summed E-state index contributed by atoms with van der Waals surface area (Å²) >= 11 is 0. The minimum absolute atomic E-state index is 0.0320. The molecule has 1 heterocycles. The second kappa shape index (κ2) is 7.33. The van der Waals surface area contributed by atoms with Gasteiger partial charge in [-0.25, -0.2) is 0 Å². The van der Waals surface area contributed by atoms with Crippen molar-refractivity contribution in [2.24, 2.45) is 17.3 Å². The van der Waals surface area contributed by atoms with Crippen LogP contribution in [0.5, 0.6) is 0 Å². The molecule has 2 amide bonds. The number of nitrogens with one attached hydrogen (secondary N) is 1. The van der Waals surface area contributed by atoms with Gasteiger partial charge in [-0.2, -0.15) is 0 Å².